The molecule has 30 heavy (non-hydrogen) atoms. The molecule has 0 spiro atoms. The number of thioether (sulfide) groups is 1. The van der Waals surface area contributed by atoms with E-state index in [1.807, 2.05) is 18.2 Å². The number of rotatable bonds is 8. The highest BCUT2D eigenvalue weighted by atomic mass is 35.5. The summed E-state index contributed by atoms with van der Waals surface area (Å²) in [6.07, 6.45) is 2.47. The molecule has 1 aliphatic heterocycles. The Balaban J connectivity index is 1.48. The average Bonchev–Trinajstić information content (AvgIpc) is 3.41. The number of aromatic nitrogens is 3. The third-order valence-electron chi connectivity index (χ3n) is 4.89. The minimum Gasteiger partial charge on any atom is -0.377 e. The number of nitrogens with zero attached hydrogens (tertiary/aromatic N) is 3. The molecule has 6 nitrogen and oxygen atoms in total. The van der Waals surface area contributed by atoms with Crippen LogP contribution in [-0.2, 0) is 17.8 Å². The van der Waals surface area contributed by atoms with E-state index in [2.05, 4.69) is 32.2 Å². The number of carbonyl (C=O) groups excluding carboxylic acids is 1. The minimum atomic E-state index is -0.194. The minimum absolute atomic E-state index is 0.194. The van der Waals surface area contributed by atoms with Crippen molar-refractivity contribution in [3.8, 4) is 0 Å². The molecule has 0 aliphatic carbocycles. The number of halogens is 1. The third-order valence-corrected chi connectivity index (χ3v) is 6.23. The van der Waals surface area contributed by atoms with Gasteiger partial charge < -0.3 is 14.6 Å². The Labute approximate surface area is 185 Å². The monoisotopic (exact) mass is 442 g/mol. The smallest absolute Gasteiger partial charge is 0.251 e. The lowest BCUT2D eigenvalue weighted by Gasteiger charge is -2.12. The summed E-state index contributed by atoms with van der Waals surface area (Å²) in [5.74, 6) is 1.37. The molecule has 1 aliphatic rings. The van der Waals surface area contributed by atoms with E-state index in [9.17, 15) is 4.79 Å². The number of hydrogen-bond donors (Lipinski definition) is 1. The molecule has 0 bridgehead atoms. The number of ether oxygens (including phenoxy) is 1. The molecule has 2 aromatic carbocycles. The second kappa shape index (κ2) is 10.1. The molecule has 2 heterocycles. The van der Waals surface area contributed by atoms with E-state index < -0.39 is 0 Å². The van der Waals surface area contributed by atoms with E-state index in [1.165, 1.54) is 0 Å². The van der Waals surface area contributed by atoms with E-state index >= 15 is 0 Å². The molecule has 0 saturated carbocycles. The summed E-state index contributed by atoms with van der Waals surface area (Å²) in [7, 11) is 0. The first kappa shape index (κ1) is 20.9. The van der Waals surface area contributed by atoms with Gasteiger partial charge in [-0.15, -0.1) is 10.2 Å². The van der Waals surface area contributed by atoms with Gasteiger partial charge in [-0.1, -0.05) is 59.8 Å². The zero-order valence-electron chi connectivity index (χ0n) is 16.5. The summed E-state index contributed by atoms with van der Waals surface area (Å²) >= 11 is 7.65. The Kier molecular flexibility index (Phi) is 7.04. The van der Waals surface area contributed by atoms with Crippen LogP contribution < -0.4 is 5.32 Å². The predicted octanol–water partition coefficient (Wildman–Crippen LogP) is 4.18. The first-order valence-corrected chi connectivity index (χ1v) is 11.3. The van der Waals surface area contributed by atoms with E-state index in [0.29, 0.717) is 23.0 Å². The number of benzene rings is 2. The molecule has 4 rings (SSSR count). The van der Waals surface area contributed by atoms with Crippen LogP contribution in [0.4, 0.5) is 0 Å². The summed E-state index contributed by atoms with van der Waals surface area (Å²) in [5, 5.41) is 13.0. The van der Waals surface area contributed by atoms with Crippen molar-refractivity contribution in [1.29, 1.82) is 0 Å². The summed E-state index contributed by atoms with van der Waals surface area (Å²) in [6.45, 7) is 1.76. The Morgan fingerprint density at radius 3 is 2.83 bits per heavy atom. The summed E-state index contributed by atoms with van der Waals surface area (Å²) in [4.78, 5) is 12.5. The average molecular weight is 443 g/mol. The summed E-state index contributed by atoms with van der Waals surface area (Å²) < 4.78 is 7.79. The van der Waals surface area contributed by atoms with Gasteiger partial charge in [0.2, 0.25) is 0 Å². The van der Waals surface area contributed by atoms with Gasteiger partial charge in [0.05, 0.1) is 19.2 Å². The lowest BCUT2D eigenvalue weighted by atomic mass is 10.2. The Bertz CT molecular complexity index is 990. The second-order valence-corrected chi connectivity index (χ2v) is 8.53. The van der Waals surface area contributed by atoms with Crippen LogP contribution >= 0.6 is 23.4 Å². The predicted molar refractivity (Wildman–Crippen MR) is 118 cm³/mol. The van der Waals surface area contributed by atoms with E-state index in [1.54, 1.807) is 36.0 Å². The fourth-order valence-corrected chi connectivity index (χ4v) is 4.53. The molecule has 8 heteroatoms. The lowest BCUT2D eigenvalue weighted by Crippen LogP contribution is -2.25. The molecule has 1 saturated heterocycles. The van der Waals surface area contributed by atoms with Gasteiger partial charge in [-0.25, -0.2) is 0 Å². The van der Waals surface area contributed by atoms with Crippen molar-refractivity contribution in [3.05, 3.63) is 76.6 Å². The van der Waals surface area contributed by atoms with Gasteiger partial charge in [0.1, 0.15) is 0 Å². The molecular weight excluding hydrogens is 420 g/mol. The van der Waals surface area contributed by atoms with Crippen molar-refractivity contribution < 1.29 is 9.53 Å². The van der Waals surface area contributed by atoms with Crippen molar-refractivity contribution >= 4 is 29.3 Å². The Hall–Kier alpha value is -2.35. The van der Waals surface area contributed by atoms with Crippen LogP contribution in [-0.4, -0.2) is 39.1 Å². The normalized spacial score (nSPS) is 16.0. The van der Waals surface area contributed by atoms with E-state index in [-0.39, 0.29) is 18.6 Å². The van der Waals surface area contributed by atoms with Gasteiger partial charge in [0.15, 0.2) is 11.0 Å². The van der Waals surface area contributed by atoms with Crippen LogP contribution in [0.15, 0.2) is 59.8 Å². The molecule has 1 aromatic heterocycles. The van der Waals surface area contributed by atoms with Crippen LogP contribution in [0, 0.1) is 0 Å². The van der Waals surface area contributed by atoms with Gasteiger partial charge in [0, 0.05) is 22.9 Å². The number of hydrogen-bond acceptors (Lipinski definition) is 5. The van der Waals surface area contributed by atoms with Crippen LogP contribution in [0.1, 0.15) is 34.6 Å². The van der Waals surface area contributed by atoms with Crippen molar-refractivity contribution in [3.63, 3.8) is 0 Å². The molecule has 1 fully saturated rings. The molecular formula is C22H23ClN4O2S. The van der Waals surface area contributed by atoms with Crippen molar-refractivity contribution in [2.75, 3.05) is 12.4 Å². The van der Waals surface area contributed by atoms with Crippen LogP contribution in [0.25, 0.3) is 0 Å². The molecule has 0 unspecified atom stereocenters. The van der Waals surface area contributed by atoms with Crippen LogP contribution in [0.3, 0.4) is 0 Å². The molecule has 0 radical (unpaired) electrons. The highest BCUT2D eigenvalue weighted by molar-refractivity contribution is 7.99. The first-order chi connectivity index (χ1) is 14.7. The maximum atomic E-state index is 12.5. The van der Waals surface area contributed by atoms with Gasteiger partial charge in [0.25, 0.3) is 5.91 Å². The number of nitrogens with one attached hydrogen (secondary N) is 1. The molecule has 3 aromatic rings. The maximum Gasteiger partial charge on any atom is 0.251 e. The third kappa shape index (κ3) is 5.41. The molecule has 1 amide bonds. The van der Waals surface area contributed by atoms with Gasteiger partial charge in [-0.2, -0.15) is 0 Å². The Morgan fingerprint density at radius 2 is 2.07 bits per heavy atom. The van der Waals surface area contributed by atoms with Gasteiger partial charge >= 0.3 is 0 Å². The fraction of sp³-hybridized carbons (Fsp3) is 0.318. The van der Waals surface area contributed by atoms with Crippen molar-refractivity contribution in [1.82, 2.24) is 20.1 Å². The van der Waals surface area contributed by atoms with Gasteiger partial charge in [-0.3, -0.25) is 4.79 Å². The topological polar surface area (TPSA) is 69.0 Å². The lowest BCUT2D eigenvalue weighted by molar-refractivity contribution is 0.0949. The zero-order chi connectivity index (χ0) is 20.8. The van der Waals surface area contributed by atoms with E-state index in [0.717, 1.165) is 35.9 Å². The zero-order valence-corrected chi connectivity index (χ0v) is 18.0. The highest BCUT2D eigenvalue weighted by Gasteiger charge is 2.19. The standard InChI is InChI=1S/C22H23ClN4O2S/c23-18-9-4-8-17(12-18)21(28)24-13-20-25-26-22(30-15-19-10-5-11-29-19)27(20)14-16-6-2-1-3-7-16/h1-4,6-9,12,19H,5,10-11,13-15H2,(H,24,28)/t19-/m1/s1. The maximum absolute atomic E-state index is 12.5. The second-order valence-electron chi connectivity index (χ2n) is 7.11. The first-order valence-electron chi connectivity index (χ1n) is 9.93. The summed E-state index contributed by atoms with van der Waals surface area (Å²) in [6, 6.07) is 17.0. The van der Waals surface area contributed by atoms with Crippen LogP contribution in [0.2, 0.25) is 5.02 Å². The highest BCUT2D eigenvalue weighted by Crippen LogP contribution is 2.24. The van der Waals surface area contributed by atoms with Gasteiger partial charge in [-0.05, 0) is 36.6 Å². The van der Waals surface area contributed by atoms with Crippen molar-refractivity contribution in [2.45, 2.75) is 37.2 Å². The largest absolute Gasteiger partial charge is 0.377 e. The van der Waals surface area contributed by atoms with Crippen LogP contribution in [0.5, 0.6) is 0 Å². The number of amides is 1. The molecule has 156 valence electrons. The number of carbonyl (C=O) groups is 1. The van der Waals surface area contributed by atoms with E-state index in [4.69, 9.17) is 16.3 Å². The van der Waals surface area contributed by atoms with Crippen molar-refractivity contribution in [2.24, 2.45) is 0 Å². The molecule has 1 N–H and O–H groups in total. The Morgan fingerprint density at radius 1 is 1.20 bits per heavy atom. The summed E-state index contributed by atoms with van der Waals surface area (Å²) in [5.41, 5.74) is 1.67. The quantitative estimate of drug-likeness (QED) is 0.530. The molecule has 1 atom stereocenters. The fourth-order valence-electron chi connectivity index (χ4n) is 3.32. The SMILES string of the molecule is O=C(NCc1nnc(SC[C@H]2CCCO2)n1Cc1ccccc1)c1cccc(Cl)c1.